The summed E-state index contributed by atoms with van der Waals surface area (Å²) < 4.78 is 0. The van der Waals surface area contributed by atoms with E-state index in [4.69, 9.17) is 5.73 Å². The molecule has 0 spiro atoms. The molecule has 0 saturated carbocycles. The lowest BCUT2D eigenvalue weighted by Crippen LogP contribution is -2.35. The zero-order valence-electron chi connectivity index (χ0n) is 10.9. The van der Waals surface area contributed by atoms with Crippen LogP contribution in [-0.4, -0.2) is 41.8 Å². The number of hydrogen-bond acceptors (Lipinski definition) is 4. The van der Waals surface area contributed by atoms with Gasteiger partial charge in [0.15, 0.2) is 0 Å². The topological polar surface area (TPSA) is 92.5 Å². The van der Waals surface area contributed by atoms with E-state index in [0.29, 0.717) is 13.0 Å². The number of imide groups is 1. The fourth-order valence-corrected chi connectivity index (χ4v) is 1.82. The van der Waals surface area contributed by atoms with Crippen LogP contribution in [-0.2, 0) is 14.4 Å². The molecular formula is C12H21N3O3. The molecule has 6 heteroatoms. The highest BCUT2D eigenvalue weighted by Gasteiger charge is 2.35. The number of hydrogen-bond donors (Lipinski definition) is 2. The van der Waals surface area contributed by atoms with Crippen molar-refractivity contribution in [1.29, 1.82) is 0 Å². The lowest BCUT2D eigenvalue weighted by Gasteiger charge is -2.14. The van der Waals surface area contributed by atoms with Gasteiger partial charge in [-0.15, -0.1) is 0 Å². The summed E-state index contributed by atoms with van der Waals surface area (Å²) in [5.74, 6) is -0.770. The third-order valence-electron chi connectivity index (χ3n) is 2.95. The van der Waals surface area contributed by atoms with E-state index in [2.05, 4.69) is 5.32 Å². The van der Waals surface area contributed by atoms with Crippen molar-refractivity contribution in [1.82, 2.24) is 10.2 Å². The summed E-state index contributed by atoms with van der Waals surface area (Å²) in [4.78, 5) is 35.7. The molecule has 1 heterocycles. The summed E-state index contributed by atoms with van der Waals surface area (Å²) in [6.07, 6.45) is 1.12. The second-order valence-corrected chi connectivity index (χ2v) is 4.85. The van der Waals surface area contributed by atoms with Gasteiger partial charge in [-0.25, -0.2) is 0 Å². The first-order chi connectivity index (χ1) is 8.41. The predicted molar refractivity (Wildman–Crippen MR) is 66.4 cm³/mol. The fourth-order valence-electron chi connectivity index (χ4n) is 1.82. The number of carbonyl (C=O) groups excluding carboxylic acids is 3. The van der Waals surface area contributed by atoms with Crippen molar-refractivity contribution >= 4 is 17.7 Å². The van der Waals surface area contributed by atoms with Crippen LogP contribution in [0.5, 0.6) is 0 Å². The third kappa shape index (κ3) is 4.10. The second-order valence-electron chi connectivity index (χ2n) is 4.85. The molecule has 1 fully saturated rings. The first-order valence-corrected chi connectivity index (χ1v) is 6.28. The molecule has 2 atom stereocenters. The highest BCUT2D eigenvalue weighted by atomic mass is 16.2. The van der Waals surface area contributed by atoms with Crippen molar-refractivity contribution in [3.63, 3.8) is 0 Å². The Kier molecular flexibility index (Phi) is 5.27. The van der Waals surface area contributed by atoms with Crippen molar-refractivity contribution in [2.75, 3.05) is 13.1 Å². The zero-order valence-corrected chi connectivity index (χ0v) is 10.9. The Morgan fingerprint density at radius 2 is 2.22 bits per heavy atom. The van der Waals surface area contributed by atoms with Crippen molar-refractivity contribution in [3.8, 4) is 0 Å². The quantitative estimate of drug-likeness (QED) is 0.633. The van der Waals surface area contributed by atoms with E-state index < -0.39 is 0 Å². The summed E-state index contributed by atoms with van der Waals surface area (Å²) in [7, 11) is 0. The molecule has 1 saturated heterocycles. The number of nitrogens with zero attached hydrogens (tertiary/aromatic N) is 1. The van der Waals surface area contributed by atoms with Crippen LogP contribution in [0.25, 0.3) is 0 Å². The minimum atomic E-state index is -0.251. The van der Waals surface area contributed by atoms with Crippen LogP contribution < -0.4 is 11.1 Å². The number of nitrogens with two attached hydrogens (primary N) is 1. The summed E-state index contributed by atoms with van der Waals surface area (Å²) in [5.41, 5.74) is 5.55. The van der Waals surface area contributed by atoms with Crippen LogP contribution in [0.1, 0.15) is 33.1 Å². The largest absolute Gasteiger partial charge is 0.356 e. The van der Waals surface area contributed by atoms with Gasteiger partial charge in [-0.05, 0) is 13.3 Å². The van der Waals surface area contributed by atoms with E-state index in [1.807, 2.05) is 6.92 Å². The highest BCUT2D eigenvalue weighted by molar-refractivity contribution is 6.03. The van der Waals surface area contributed by atoms with E-state index in [0.717, 1.165) is 0 Å². The van der Waals surface area contributed by atoms with Gasteiger partial charge in [-0.1, -0.05) is 6.92 Å². The smallest absolute Gasteiger partial charge is 0.232 e. The molecule has 3 N–H and O–H groups in total. The van der Waals surface area contributed by atoms with Gasteiger partial charge in [-0.3, -0.25) is 19.3 Å². The number of likely N-dealkylation sites (tertiary alicyclic amines) is 1. The Bertz CT molecular complexity index is 341. The van der Waals surface area contributed by atoms with Gasteiger partial charge in [0.1, 0.15) is 0 Å². The monoisotopic (exact) mass is 255 g/mol. The van der Waals surface area contributed by atoms with Gasteiger partial charge < -0.3 is 11.1 Å². The molecule has 18 heavy (non-hydrogen) atoms. The SMILES string of the molecule is CC(N)CCNC(=O)CCN1C(=O)CC(C)C1=O. The van der Waals surface area contributed by atoms with Gasteiger partial charge in [0, 0.05) is 37.9 Å². The Balaban J connectivity index is 2.26. The standard InChI is InChI=1S/C12H21N3O3/c1-8-7-11(17)15(12(8)18)6-4-10(16)14-5-3-9(2)13/h8-9H,3-7,13H2,1-2H3,(H,14,16). The van der Waals surface area contributed by atoms with Gasteiger partial charge in [-0.2, -0.15) is 0 Å². The van der Waals surface area contributed by atoms with Gasteiger partial charge in [0.2, 0.25) is 17.7 Å². The average molecular weight is 255 g/mol. The molecule has 0 aromatic heterocycles. The van der Waals surface area contributed by atoms with Crippen LogP contribution in [0.4, 0.5) is 0 Å². The molecule has 3 amide bonds. The summed E-state index contributed by atoms with van der Waals surface area (Å²) in [6.45, 7) is 4.29. The van der Waals surface area contributed by atoms with Crippen LogP contribution in [0.2, 0.25) is 0 Å². The van der Waals surface area contributed by atoms with Crippen molar-refractivity contribution in [2.24, 2.45) is 11.7 Å². The molecule has 0 aromatic rings. The van der Waals surface area contributed by atoms with Crippen LogP contribution in [0.3, 0.4) is 0 Å². The van der Waals surface area contributed by atoms with Crippen LogP contribution in [0.15, 0.2) is 0 Å². The maximum atomic E-state index is 11.6. The number of nitrogens with one attached hydrogen (secondary N) is 1. The molecule has 1 rings (SSSR count). The lowest BCUT2D eigenvalue weighted by atomic mass is 10.1. The maximum absolute atomic E-state index is 11.6. The van der Waals surface area contributed by atoms with Crippen molar-refractivity contribution < 1.29 is 14.4 Å². The second kappa shape index (κ2) is 6.49. The van der Waals surface area contributed by atoms with Gasteiger partial charge in [0.25, 0.3) is 0 Å². The van der Waals surface area contributed by atoms with E-state index >= 15 is 0 Å². The van der Waals surface area contributed by atoms with Crippen molar-refractivity contribution in [2.45, 2.75) is 39.2 Å². The van der Waals surface area contributed by atoms with Crippen LogP contribution >= 0.6 is 0 Å². The number of rotatable bonds is 6. The third-order valence-corrected chi connectivity index (χ3v) is 2.95. The van der Waals surface area contributed by atoms with E-state index in [-0.39, 0.29) is 49.1 Å². The molecule has 1 aliphatic rings. The molecule has 2 unspecified atom stereocenters. The Hall–Kier alpha value is -1.43. The summed E-state index contributed by atoms with van der Waals surface area (Å²) >= 11 is 0. The van der Waals surface area contributed by atoms with E-state index in [1.54, 1.807) is 6.92 Å². The predicted octanol–water partition coefficient (Wildman–Crippen LogP) is -0.375. The molecule has 6 nitrogen and oxygen atoms in total. The Morgan fingerprint density at radius 3 is 2.72 bits per heavy atom. The van der Waals surface area contributed by atoms with Crippen LogP contribution in [0, 0.1) is 5.92 Å². The minimum absolute atomic E-state index is 0.0490. The maximum Gasteiger partial charge on any atom is 0.232 e. The highest BCUT2D eigenvalue weighted by Crippen LogP contribution is 2.18. The molecule has 0 bridgehead atoms. The number of carbonyl (C=O) groups is 3. The lowest BCUT2D eigenvalue weighted by molar-refractivity contribution is -0.139. The van der Waals surface area contributed by atoms with E-state index in [1.165, 1.54) is 4.90 Å². The summed E-state index contributed by atoms with van der Waals surface area (Å²) in [5, 5.41) is 2.71. The van der Waals surface area contributed by atoms with E-state index in [9.17, 15) is 14.4 Å². The minimum Gasteiger partial charge on any atom is -0.356 e. The molecular weight excluding hydrogens is 234 g/mol. The fraction of sp³-hybridized carbons (Fsp3) is 0.750. The normalized spacial score (nSPS) is 21.3. The van der Waals surface area contributed by atoms with Crippen molar-refractivity contribution in [3.05, 3.63) is 0 Å². The molecule has 102 valence electrons. The van der Waals surface area contributed by atoms with Gasteiger partial charge >= 0.3 is 0 Å². The Morgan fingerprint density at radius 1 is 1.56 bits per heavy atom. The zero-order chi connectivity index (χ0) is 13.7. The molecule has 0 radical (unpaired) electrons. The first kappa shape index (κ1) is 14.6. The van der Waals surface area contributed by atoms with Gasteiger partial charge in [0.05, 0.1) is 0 Å². The first-order valence-electron chi connectivity index (χ1n) is 6.28. The number of amides is 3. The molecule has 0 aromatic carbocycles. The molecule has 1 aliphatic heterocycles. The average Bonchev–Trinajstić information content (AvgIpc) is 2.50. The molecule has 0 aliphatic carbocycles. The summed E-state index contributed by atoms with van der Waals surface area (Å²) in [6, 6.07) is 0.0490. The Labute approximate surface area is 107 Å².